The fourth-order valence-corrected chi connectivity index (χ4v) is 6.17. The van der Waals surface area contributed by atoms with Crippen molar-refractivity contribution >= 4 is 68.2 Å². The second-order valence-corrected chi connectivity index (χ2v) is 10.6. The van der Waals surface area contributed by atoms with Gasteiger partial charge in [-0.05, 0) is 63.1 Å². The molecule has 0 unspecified atom stereocenters. The first-order chi connectivity index (χ1) is 18.6. The summed E-state index contributed by atoms with van der Waals surface area (Å²) in [6.45, 7) is 8.28. The van der Waals surface area contributed by atoms with E-state index in [1.807, 2.05) is 38.1 Å². The Bertz CT molecular complexity index is 1610. The summed E-state index contributed by atoms with van der Waals surface area (Å²) in [4.78, 5) is 46.7. The summed E-state index contributed by atoms with van der Waals surface area (Å²) in [7, 11) is 1.26. The fraction of sp³-hybridized carbons (Fsp3) is 0.241. The first-order valence-corrected chi connectivity index (χ1v) is 13.9. The van der Waals surface area contributed by atoms with E-state index in [0.717, 1.165) is 11.3 Å². The van der Waals surface area contributed by atoms with Crippen molar-refractivity contribution in [2.75, 3.05) is 25.5 Å². The predicted molar refractivity (Wildman–Crippen MR) is 158 cm³/mol. The number of hydrogen-bond acceptors (Lipinski definition) is 6. The third kappa shape index (κ3) is 5.37. The molecule has 0 saturated heterocycles. The number of carbonyl (C=O) groups excluding carboxylic acids is 3. The summed E-state index contributed by atoms with van der Waals surface area (Å²) in [6, 6.07) is 12.4. The van der Waals surface area contributed by atoms with Crippen LogP contribution in [-0.2, 0) is 4.74 Å². The molecule has 0 aliphatic carbocycles. The van der Waals surface area contributed by atoms with Crippen molar-refractivity contribution in [3.63, 3.8) is 0 Å². The Kier molecular flexibility index (Phi) is 8.59. The molecular formula is C29H27Cl2N3O4S. The number of para-hydroxylation sites is 1. The molecule has 1 N–H and O–H groups in total. The summed E-state index contributed by atoms with van der Waals surface area (Å²) >= 11 is 13.7. The number of pyridine rings is 1. The number of hydrogen-bond donors (Lipinski definition) is 1. The van der Waals surface area contributed by atoms with Gasteiger partial charge < -0.3 is 15.0 Å². The van der Waals surface area contributed by atoms with Gasteiger partial charge in [0.2, 0.25) is 0 Å². The SMILES string of the molecule is CCN(CC)C(=O)c1sc(NC(=O)c2c(C)c(-c3ccc(Cl)cc3Cl)nc3ccccc23)c(C(=O)OC)c1C. The molecule has 2 amide bonds. The van der Waals surface area contributed by atoms with Crippen LogP contribution >= 0.6 is 34.5 Å². The van der Waals surface area contributed by atoms with Crippen LogP contribution in [0.2, 0.25) is 10.0 Å². The fourth-order valence-electron chi connectivity index (χ4n) is 4.52. The molecule has 0 atom stereocenters. The highest BCUT2D eigenvalue weighted by atomic mass is 35.5. The van der Waals surface area contributed by atoms with Gasteiger partial charge in [0.1, 0.15) is 5.00 Å². The van der Waals surface area contributed by atoms with E-state index in [2.05, 4.69) is 5.32 Å². The van der Waals surface area contributed by atoms with Crippen LogP contribution in [0.15, 0.2) is 42.5 Å². The number of carbonyl (C=O) groups is 3. The van der Waals surface area contributed by atoms with Crippen molar-refractivity contribution in [3.8, 4) is 11.3 Å². The maximum absolute atomic E-state index is 13.9. The molecule has 7 nitrogen and oxygen atoms in total. The molecule has 4 aromatic rings. The highest BCUT2D eigenvalue weighted by Gasteiger charge is 2.29. The average molecular weight is 585 g/mol. The maximum Gasteiger partial charge on any atom is 0.341 e. The third-order valence-electron chi connectivity index (χ3n) is 6.56. The van der Waals surface area contributed by atoms with E-state index in [-0.39, 0.29) is 16.5 Å². The molecular weight excluding hydrogens is 557 g/mol. The van der Waals surface area contributed by atoms with E-state index in [1.165, 1.54) is 7.11 Å². The minimum absolute atomic E-state index is 0.156. The highest BCUT2D eigenvalue weighted by molar-refractivity contribution is 7.18. The number of benzene rings is 2. The molecule has 202 valence electrons. The monoisotopic (exact) mass is 583 g/mol. The van der Waals surface area contributed by atoms with Crippen LogP contribution in [0.3, 0.4) is 0 Å². The summed E-state index contributed by atoms with van der Waals surface area (Å²) in [5.74, 6) is -1.30. The third-order valence-corrected chi connectivity index (χ3v) is 8.30. The van der Waals surface area contributed by atoms with Crippen LogP contribution < -0.4 is 5.32 Å². The topological polar surface area (TPSA) is 88.6 Å². The molecule has 0 radical (unpaired) electrons. The quantitative estimate of drug-likeness (QED) is 0.229. The number of thiophene rings is 1. The number of anilines is 1. The lowest BCUT2D eigenvalue weighted by Crippen LogP contribution is -2.30. The molecule has 0 aliphatic rings. The Balaban J connectivity index is 1.87. The van der Waals surface area contributed by atoms with Gasteiger partial charge in [0.05, 0.1) is 39.3 Å². The lowest BCUT2D eigenvalue weighted by molar-refractivity contribution is 0.0601. The largest absolute Gasteiger partial charge is 0.465 e. The van der Waals surface area contributed by atoms with Gasteiger partial charge in [-0.3, -0.25) is 9.59 Å². The van der Waals surface area contributed by atoms with Crippen molar-refractivity contribution in [2.24, 2.45) is 0 Å². The number of aromatic nitrogens is 1. The van der Waals surface area contributed by atoms with Crippen LogP contribution in [0.1, 0.15) is 55.4 Å². The Morgan fingerprint density at radius 1 is 1.00 bits per heavy atom. The summed E-state index contributed by atoms with van der Waals surface area (Å²) < 4.78 is 5.00. The number of halogens is 2. The summed E-state index contributed by atoms with van der Waals surface area (Å²) in [5, 5.41) is 4.66. The second-order valence-electron chi connectivity index (χ2n) is 8.79. The van der Waals surface area contributed by atoms with Crippen molar-refractivity contribution < 1.29 is 19.1 Å². The number of nitrogens with zero attached hydrogens (tertiary/aromatic N) is 2. The van der Waals surface area contributed by atoms with Crippen molar-refractivity contribution in [1.29, 1.82) is 0 Å². The zero-order valence-electron chi connectivity index (χ0n) is 22.1. The zero-order chi connectivity index (χ0) is 28.4. The number of esters is 1. The van der Waals surface area contributed by atoms with Crippen LogP contribution in [0.5, 0.6) is 0 Å². The maximum atomic E-state index is 13.9. The van der Waals surface area contributed by atoms with Gasteiger partial charge >= 0.3 is 5.97 Å². The first kappa shape index (κ1) is 28.5. The molecule has 0 saturated carbocycles. The van der Waals surface area contributed by atoms with Crippen molar-refractivity contribution in [2.45, 2.75) is 27.7 Å². The van der Waals surface area contributed by atoms with Crippen LogP contribution in [0, 0.1) is 13.8 Å². The van der Waals surface area contributed by atoms with Gasteiger partial charge in [-0.25, -0.2) is 9.78 Å². The van der Waals surface area contributed by atoms with Gasteiger partial charge in [0.15, 0.2) is 0 Å². The minimum atomic E-state index is -0.636. The highest BCUT2D eigenvalue weighted by Crippen LogP contribution is 2.38. The molecule has 0 aliphatic heterocycles. The van der Waals surface area contributed by atoms with Crippen LogP contribution in [0.4, 0.5) is 5.00 Å². The Hall–Kier alpha value is -3.46. The zero-order valence-corrected chi connectivity index (χ0v) is 24.5. The number of amides is 2. The molecule has 2 aromatic carbocycles. The standard InChI is InChI=1S/C29H27Cl2N3O4S/c1-6-34(7-2)28(36)25-16(4)23(29(37)38-5)27(39-25)33-26(35)22-15(3)24(18-13-12-17(30)14-20(18)31)32-21-11-9-8-10-19(21)22/h8-14H,6-7H2,1-5H3,(H,33,35). The first-order valence-electron chi connectivity index (χ1n) is 12.3. The molecule has 4 rings (SSSR count). The molecule has 10 heteroatoms. The molecule has 2 heterocycles. The molecule has 0 bridgehead atoms. The Morgan fingerprint density at radius 2 is 1.69 bits per heavy atom. The van der Waals surface area contributed by atoms with E-state index >= 15 is 0 Å². The lowest BCUT2D eigenvalue weighted by Gasteiger charge is -2.18. The van der Waals surface area contributed by atoms with E-state index in [1.54, 1.807) is 36.9 Å². The van der Waals surface area contributed by atoms with Gasteiger partial charge in [0.25, 0.3) is 11.8 Å². The van der Waals surface area contributed by atoms with Crippen molar-refractivity contribution in [1.82, 2.24) is 9.88 Å². The van der Waals surface area contributed by atoms with E-state index in [9.17, 15) is 14.4 Å². The Morgan fingerprint density at radius 3 is 2.33 bits per heavy atom. The number of nitrogens with one attached hydrogen (secondary N) is 1. The van der Waals surface area contributed by atoms with E-state index in [0.29, 0.717) is 66.9 Å². The van der Waals surface area contributed by atoms with Crippen LogP contribution in [0.25, 0.3) is 22.2 Å². The molecule has 39 heavy (non-hydrogen) atoms. The van der Waals surface area contributed by atoms with Gasteiger partial charge in [-0.15, -0.1) is 11.3 Å². The van der Waals surface area contributed by atoms with E-state index in [4.69, 9.17) is 32.9 Å². The molecule has 2 aromatic heterocycles. The van der Waals surface area contributed by atoms with Gasteiger partial charge in [-0.1, -0.05) is 41.4 Å². The van der Waals surface area contributed by atoms with Crippen molar-refractivity contribution in [3.05, 3.63) is 79.6 Å². The lowest BCUT2D eigenvalue weighted by atomic mass is 9.97. The summed E-state index contributed by atoms with van der Waals surface area (Å²) in [6.07, 6.45) is 0. The minimum Gasteiger partial charge on any atom is -0.465 e. The molecule has 0 spiro atoms. The predicted octanol–water partition coefficient (Wildman–Crippen LogP) is 7.41. The summed E-state index contributed by atoms with van der Waals surface area (Å²) in [5.41, 5.74) is 3.36. The number of fused-ring (bicyclic) bond motifs is 1. The number of methoxy groups -OCH3 is 1. The Labute approximate surface area is 240 Å². The van der Waals surface area contributed by atoms with E-state index < -0.39 is 11.9 Å². The normalized spacial score (nSPS) is 10.9. The smallest absolute Gasteiger partial charge is 0.341 e. The number of rotatable bonds is 7. The average Bonchev–Trinajstić information content (AvgIpc) is 3.23. The van der Waals surface area contributed by atoms with Crippen LogP contribution in [-0.4, -0.2) is 47.9 Å². The number of ether oxygens (including phenoxy) is 1. The second kappa shape index (κ2) is 11.7. The van der Waals surface area contributed by atoms with Gasteiger partial charge in [-0.2, -0.15) is 0 Å². The molecule has 0 fully saturated rings. The van der Waals surface area contributed by atoms with Gasteiger partial charge in [0, 0.05) is 29.1 Å².